The fraction of sp³-hybridized carbons (Fsp3) is 0.273. The van der Waals surface area contributed by atoms with E-state index in [9.17, 15) is 4.79 Å². The van der Waals surface area contributed by atoms with Gasteiger partial charge in [0.2, 0.25) is 0 Å². The van der Waals surface area contributed by atoms with Crippen molar-refractivity contribution >= 4 is 23.3 Å². The molecule has 0 aliphatic carbocycles. The summed E-state index contributed by atoms with van der Waals surface area (Å²) in [6.45, 7) is 5.03. The quantitative estimate of drug-likeness (QED) is 0.719. The Morgan fingerprint density at radius 1 is 1.04 bits per heavy atom. The molecule has 1 saturated heterocycles. The van der Waals surface area contributed by atoms with Gasteiger partial charge < -0.3 is 9.80 Å². The van der Waals surface area contributed by atoms with E-state index in [1.807, 2.05) is 59.5 Å². The van der Waals surface area contributed by atoms with Gasteiger partial charge in [-0.15, -0.1) is 0 Å². The van der Waals surface area contributed by atoms with Crippen LogP contribution in [-0.2, 0) is 6.42 Å². The maximum atomic E-state index is 12.7. The van der Waals surface area contributed by atoms with E-state index >= 15 is 0 Å². The van der Waals surface area contributed by atoms with Gasteiger partial charge in [0, 0.05) is 42.8 Å². The second kappa shape index (κ2) is 8.07. The Labute approximate surface area is 169 Å². The molecule has 1 N–H and O–H groups in total. The molecule has 1 aromatic heterocycles. The highest BCUT2D eigenvalue weighted by molar-refractivity contribution is 6.30. The number of aryl methyl sites for hydroxylation is 1. The van der Waals surface area contributed by atoms with Crippen LogP contribution in [-0.4, -0.2) is 47.2 Å². The molecule has 2 heterocycles. The number of halogens is 1. The molecule has 0 saturated carbocycles. The largest absolute Gasteiger partial charge is 0.352 e. The third kappa shape index (κ3) is 3.90. The zero-order valence-corrected chi connectivity index (χ0v) is 16.6. The van der Waals surface area contributed by atoms with Crippen LogP contribution < -0.4 is 4.90 Å². The van der Waals surface area contributed by atoms with E-state index in [4.69, 9.17) is 11.6 Å². The van der Waals surface area contributed by atoms with Crippen molar-refractivity contribution in [3.05, 3.63) is 70.7 Å². The van der Waals surface area contributed by atoms with Crippen molar-refractivity contribution in [3.63, 3.8) is 0 Å². The first-order chi connectivity index (χ1) is 13.6. The second-order valence-corrected chi connectivity index (χ2v) is 7.41. The van der Waals surface area contributed by atoms with Crippen LogP contribution in [0.25, 0.3) is 11.3 Å². The maximum absolute atomic E-state index is 12.7. The van der Waals surface area contributed by atoms with Crippen molar-refractivity contribution in [2.24, 2.45) is 0 Å². The molecule has 0 spiro atoms. The molecule has 3 aromatic rings. The predicted octanol–water partition coefficient (Wildman–Crippen LogP) is 4.25. The van der Waals surface area contributed by atoms with Gasteiger partial charge in [-0.25, -0.2) is 0 Å². The summed E-state index contributed by atoms with van der Waals surface area (Å²) >= 11 is 5.96. The number of amides is 1. The molecule has 28 heavy (non-hydrogen) atoms. The number of carbonyl (C=O) groups excluding carboxylic acids is 1. The van der Waals surface area contributed by atoms with Gasteiger partial charge in [-0.1, -0.05) is 42.8 Å². The fourth-order valence-corrected chi connectivity index (χ4v) is 3.58. The van der Waals surface area contributed by atoms with E-state index in [-0.39, 0.29) is 5.91 Å². The lowest BCUT2D eigenvalue weighted by Gasteiger charge is -2.34. The molecule has 5 nitrogen and oxygen atoms in total. The SMILES string of the molecule is CCc1ccc(C(=O)N2CCN(c3cc(-c4ccc(Cl)cc4)[nH]n3)CC2)cc1. The minimum absolute atomic E-state index is 0.103. The number of aromatic amines is 1. The van der Waals surface area contributed by atoms with Crippen molar-refractivity contribution < 1.29 is 4.79 Å². The monoisotopic (exact) mass is 394 g/mol. The minimum atomic E-state index is 0.103. The Hall–Kier alpha value is -2.79. The molecular weight excluding hydrogens is 372 g/mol. The number of H-pyrrole nitrogens is 1. The minimum Gasteiger partial charge on any atom is -0.352 e. The standard InChI is InChI=1S/C22H23ClN4O/c1-2-16-3-5-18(6-4-16)22(28)27-13-11-26(12-14-27)21-15-20(24-25-21)17-7-9-19(23)10-8-17/h3-10,15H,2,11-14H2,1H3,(H,24,25). The molecule has 1 aliphatic heterocycles. The Bertz CT molecular complexity index is 941. The van der Waals surface area contributed by atoms with E-state index in [0.29, 0.717) is 18.1 Å². The average Bonchev–Trinajstić information content (AvgIpc) is 3.24. The van der Waals surface area contributed by atoms with Crippen LogP contribution in [0.2, 0.25) is 5.02 Å². The first-order valence-corrected chi connectivity index (χ1v) is 9.96. The third-order valence-corrected chi connectivity index (χ3v) is 5.47. The first kappa shape index (κ1) is 18.6. The Morgan fingerprint density at radius 3 is 2.36 bits per heavy atom. The number of aromatic nitrogens is 2. The van der Waals surface area contributed by atoms with Gasteiger partial charge >= 0.3 is 0 Å². The summed E-state index contributed by atoms with van der Waals surface area (Å²) in [5, 5.41) is 8.26. The van der Waals surface area contributed by atoms with Gasteiger partial charge in [-0.2, -0.15) is 5.10 Å². The number of hydrogen-bond acceptors (Lipinski definition) is 3. The van der Waals surface area contributed by atoms with E-state index in [2.05, 4.69) is 22.0 Å². The number of rotatable bonds is 4. The average molecular weight is 395 g/mol. The molecule has 0 atom stereocenters. The molecule has 144 valence electrons. The summed E-state index contributed by atoms with van der Waals surface area (Å²) in [5.41, 5.74) is 4.01. The number of nitrogens with one attached hydrogen (secondary N) is 1. The summed E-state index contributed by atoms with van der Waals surface area (Å²) in [5.74, 6) is 1.01. The van der Waals surface area contributed by atoms with Crippen LogP contribution >= 0.6 is 11.6 Å². The zero-order valence-electron chi connectivity index (χ0n) is 15.9. The van der Waals surface area contributed by atoms with Crippen LogP contribution in [0.5, 0.6) is 0 Å². The molecule has 2 aromatic carbocycles. The predicted molar refractivity (Wildman–Crippen MR) is 113 cm³/mol. The number of anilines is 1. The van der Waals surface area contributed by atoms with E-state index < -0.39 is 0 Å². The van der Waals surface area contributed by atoms with Gasteiger partial charge in [-0.3, -0.25) is 9.89 Å². The van der Waals surface area contributed by atoms with Gasteiger partial charge in [-0.05, 0) is 41.8 Å². The molecule has 0 bridgehead atoms. The summed E-state index contributed by atoms with van der Waals surface area (Å²) in [6, 6.07) is 17.7. The van der Waals surface area contributed by atoms with E-state index in [0.717, 1.165) is 42.1 Å². The van der Waals surface area contributed by atoms with Crippen LogP contribution in [0.1, 0.15) is 22.8 Å². The fourth-order valence-electron chi connectivity index (χ4n) is 3.45. The molecule has 4 rings (SSSR count). The van der Waals surface area contributed by atoms with Gasteiger partial charge in [0.15, 0.2) is 5.82 Å². The van der Waals surface area contributed by atoms with Gasteiger partial charge in [0.1, 0.15) is 0 Å². The summed E-state index contributed by atoms with van der Waals surface area (Å²) in [6.07, 6.45) is 0.981. The Kier molecular flexibility index (Phi) is 5.35. The number of carbonyl (C=O) groups is 1. The van der Waals surface area contributed by atoms with E-state index in [1.54, 1.807) is 0 Å². The Balaban J connectivity index is 1.38. The summed E-state index contributed by atoms with van der Waals surface area (Å²) in [4.78, 5) is 16.9. The smallest absolute Gasteiger partial charge is 0.253 e. The van der Waals surface area contributed by atoms with Crippen molar-refractivity contribution in [1.29, 1.82) is 0 Å². The lowest BCUT2D eigenvalue weighted by Crippen LogP contribution is -2.48. The lowest BCUT2D eigenvalue weighted by atomic mass is 10.1. The molecule has 1 fully saturated rings. The van der Waals surface area contributed by atoms with Crippen LogP contribution in [0.15, 0.2) is 54.6 Å². The number of nitrogens with zero attached hydrogens (tertiary/aromatic N) is 3. The van der Waals surface area contributed by atoms with E-state index in [1.165, 1.54) is 5.56 Å². The molecule has 0 radical (unpaired) electrons. The van der Waals surface area contributed by atoms with Crippen molar-refractivity contribution in [2.45, 2.75) is 13.3 Å². The molecule has 1 amide bonds. The van der Waals surface area contributed by atoms with Crippen LogP contribution in [0.4, 0.5) is 5.82 Å². The first-order valence-electron chi connectivity index (χ1n) is 9.58. The molecule has 0 unspecified atom stereocenters. The van der Waals surface area contributed by atoms with Crippen molar-refractivity contribution in [2.75, 3.05) is 31.1 Å². The highest BCUT2D eigenvalue weighted by atomic mass is 35.5. The highest BCUT2D eigenvalue weighted by Crippen LogP contribution is 2.24. The summed E-state index contributed by atoms with van der Waals surface area (Å²) in [7, 11) is 0. The van der Waals surface area contributed by atoms with Gasteiger partial charge in [0.25, 0.3) is 5.91 Å². The van der Waals surface area contributed by atoms with Crippen molar-refractivity contribution in [3.8, 4) is 11.3 Å². The van der Waals surface area contributed by atoms with Crippen LogP contribution in [0.3, 0.4) is 0 Å². The topological polar surface area (TPSA) is 52.2 Å². The summed E-state index contributed by atoms with van der Waals surface area (Å²) < 4.78 is 0. The Morgan fingerprint density at radius 2 is 1.71 bits per heavy atom. The molecule has 1 aliphatic rings. The lowest BCUT2D eigenvalue weighted by molar-refractivity contribution is 0.0746. The van der Waals surface area contributed by atoms with Crippen LogP contribution in [0, 0.1) is 0 Å². The maximum Gasteiger partial charge on any atom is 0.253 e. The van der Waals surface area contributed by atoms with Gasteiger partial charge in [0.05, 0.1) is 5.69 Å². The number of benzene rings is 2. The zero-order chi connectivity index (χ0) is 19.5. The normalized spacial score (nSPS) is 14.4. The molecular formula is C22H23ClN4O. The number of hydrogen-bond donors (Lipinski definition) is 1. The molecule has 6 heteroatoms. The third-order valence-electron chi connectivity index (χ3n) is 5.22. The van der Waals surface area contributed by atoms with Crippen molar-refractivity contribution in [1.82, 2.24) is 15.1 Å². The highest BCUT2D eigenvalue weighted by Gasteiger charge is 2.23. The second-order valence-electron chi connectivity index (χ2n) is 6.98. The number of piperazine rings is 1.